The van der Waals surface area contributed by atoms with Gasteiger partial charge < -0.3 is 10.1 Å². The molecule has 1 N–H and O–H groups in total. The molecule has 1 aliphatic rings. The second-order valence-corrected chi connectivity index (χ2v) is 4.84. The first kappa shape index (κ1) is 17.8. The lowest BCUT2D eigenvalue weighted by Gasteiger charge is -2.30. The van der Waals surface area contributed by atoms with Crippen molar-refractivity contribution in [3.05, 3.63) is 35.4 Å². The monoisotopic (exact) mass is 323 g/mol. The molecule has 0 spiro atoms. The van der Waals surface area contributed by atoms with Crippen molar-refractivity contribution in [3.63, 3.8) is 0 Å². The number of ether oxygens (including phenoxy) is 1. The zero-order chi connectivity index (χ0) is 14.8. The molecular weight excluding hydrogens is 307 g/mol. The molecule has 7 heteroatoms. The van der Waals surface area contributed by atoms with E-state index in [1.54, 1.807) is 6.07 Å². The van der Waals surface area contributed by atoms with Gasteiger partial charge in [0, 0.05) is 0 Å². The maximum Gasteiger partial charge on any atom is 0.416 e. The summed E-state index contributed by atoms with van der Waals surface area (Å²) in [5, 5.41) is 2.97. The van der Waals surface area contributed by atoms with E-state index >= 15 is 0 Å². The van der Waals surface area contributed by atoms with Crippen LogP contribution in [0.15, 0.2) is 24.3 Å². The van der Waals surface area contributed by atoms with Crippen molar-refractivity contribution in [2.75, 3.05) is 13.7 Å². The van der Waals surface area contributed by atoms with Crippen LogP contribution in [-0.2, 0) is 15.7 Å². The molecular formula is C14H17ClF3NO2. The first-order valence-corrected chi connectivity index (χ1v) is 6.41. The summed E-state index contributed by atoms with van der Waals surface area (Å²) in [7, 11) is 1.28. The van der Waals surface area contributed by atoms with E-state index in [4.69, 9.17) is 0 Å². The largest absolute Gasteiger partial charge is 0.468 e. The summed E-state index contributed by atoms with van der Waals surface area (Å²) in [6.45, 7) is 0.497. The summed E-state index contributed by atoms with van der Waals surface area (Å²) in [6.07, 6.45) is -3.48. The minimum atomic E-state index is -4.37. The predicted octanol–water partition coefficient (Wildman–Crippen LogP) is 3.14. The van der Waals surface area contributed by atoms with Crippen LogP contribution in [0, 0.1) is 0 Å². The SMILES string of the molecule is COC(=O)C1CC(c2ccccc2C(F)(F)F)CCN1.Cl. The van der Waals surface area contributed by atoms with Crippen LogP contribution in [0.4, 0.5) is 13.2 Å². The highest BCUT2D eigenvalue weighted by atomic mass is 35.5. The van der Waals surface area contributed by atoms with Crippen molar-refractivity contribution in [1.29, 1.82) is 0 Å². The van der Waals surface area contributed by atoms with Crippen molar-refractivity contribution in [2.24, 2.45) is 0 Å². The Balaban J connectivity index is 0.00000220. The molecule has 3 nitrogen and oxygen atoms in total. The third-order valence-corrected chi connectivity index (χ3v) is 3.60. The average Bonchev–Trinajstić information content (AvgIpc) is 2.45. The van der Waals surface area contributed by atoms with E-state index in [2.05, 4.69) is 10.1 Å². The number of nitrogens with one attached hydrogen (secondary N) is 1. The highest BCUT2D eigenvalue weighted by Crippen LogP contribution is 2.38. The summed E-state index contributed by atoms with van der Waals surface area (Å²) in [5.41, 5.74) is -0.356. The highest BCUT2D eigenvalue weighted by Gasteiger charge is 2.37. The molecule has 2 unspecified atom stereocenters. The van der Waals surface area contributed by atoms with Crippen LogP contribution in [-0.4, -0.2) is 25.7 Å². The number of hydrogen-bond acceptors (Lipinski definition) is 3. The second-order valence-electron chi connectivity index (χ2n) is 4.84. The van der Waals surface area contributed by atoms with Gasteiger partial charge in [0.1, 0.15) is 6.04 Å². The fourth-order valence-corrected chi connectivity index (χ4v) is 2.63. The smallest absolute Gasteiger partial charge is 0.416 e. The van der Waals surface area contributed by atoms with Crippen LogP contribution in [0.25, 0.3) is 0 Å². The number of esters is 1. The Bertz CT molecular complexity index is 493. The van der Waals surface area contributed by atoms with E-state index in [0.717, 1.165) is 6.07 Å². The minimum absolute atomic E-state index is 0. The quantitative estimate of drug-likeness (QED) is 0.850. The van der Waals surface area contributed by atoms with E-state index in [1.165, 1.54) is 19.2 Å². The van der Waals surface area contributed by atoms with Crippen molar-refractivity contribution in [2.45, 2.75) is 31.0 Å². The first-order chi connectivity index (χ1) is 9.43. The molecule has 2 rings (SSSR count). The number of alkyl halides is 3. The van der Waals surface area contributed by atoms with Crippen LogP contribution < -0.4 is 5.32 Å². The van der Waals surface area contributed by atoms with Gasteiger partial charge >= 0.3 is 12.1 Å². The van der Waals surface area contributed by atoms with E-state index in [0.29, 0.717) is 19.4 Å². The van der Waals surface area contributed by atoms with E-state index in [1.807, 2.05) is 0 Å². The number of rotatable bonds is 2. The van der Waals surface area contributed by atoms with Crippen LogP contribution in [0.3, 0.4) is 0 Å². The Kier molecular flexibility index (Phi) is 6.04. The summed E-state index contributed by atoms with van der Waals surface area (Å²) in [6, 6.07) is 5.02. The van der Waals surface area contributed by atoms with Crippen molar-refractivity contribution >= 4 is 18.4 Å². The molecule has 0 amide bonds. The third-order valence-electron chi connectivity index (χ3n) is 3.60. The van der Waals surface area contributed by atoms with Gasteiger partial charge in [-0.1, -0.05) is 18.2 Å². The Morgan fingerprint density at radius 1 is 1.33 bits per heavy atom. The molecule has 2 atom stereocenters. The van der Waals surface area contributed by atoms with Crippen LogP contribution in [0.2, 0.25) is 0 Å². The van der Waals surface area contributed by atoms with Crippen LogP contribution in [0.1, 0.15) is 29.9 Å². The van der Waals surface area contributed by atoms with Gasteiger partial charge in [-0.25, -0.2) is 0 Å². The number of methoxy groups -OCH3 is 1. The molecule has 0 saturated carbocycles. The molecule has 0 aromatic heterocycles. The Morgan fingerprint density at radius 3 is 2.62 bits per heavy atom. The first-order valence-electron chi connectivity index (χ1n) is 6.41. The normalized spacial score (nSPS) is 22.3. The third kappa shape index (κ3) is 4.11. The number of halogens is 4. The summed E-state index contributed by atoms with van der Waals surface area (Å²) < 4.78 is 43.7. The number of piperidine rings is 1. The lowest BCUT2D eigenvalue weighted by molar-refractivity contribution is -0.143. The molecule has 1 heterocycles. The zero-order valence-corrected chi connectivity index (χ0v) is 12.3. The van der Waals surface area contributed by atoms with Crippen LogP contribution in [0.5, 0.6) is 0 Å². The standard InChI is InChI=1S/C14H16F3NO2.ClH/c1-20-13(19)12-8-9(6-7-18-12)10-4-2-3-5-11(10)14(15,16)17;/h2-5,9,12,18H,6-8H2,1H3;1H. The molecule has 1 aromatic carbocycles. The predicted molar refractivity (Wildman–Crippen MR) is 74.5 cm³/mol. The van der Waals surface area contributed by atoms with Crippen LogP contribution >= 0.6 is 12.4 Å². The molecule has 1 fully saturated rings. The summed E-state index contributed by atoms with van der Waals surface area (Å²) >= 11 is 0. The number of carbonyl (C=O) groups is 1. The molecule has 1 aliphatic heterocycles. The molecule has 118 valence electrons. The van der Waals surface area contributed by atoms with Gasteiger partial charge in [-0.2, -0.15) is 13.2 Å². The maximum absolute atomic E-state index is 13.0. The minimum Gasteiger partial charge on any atom is -0.468 e. The second kappa shape index (κ2) is 7.13. The molecule has 1 aromatic rings. The van der Waals surface area contributed by atoms with Gasteiger partial charge in [0.05, 0.1) is 12.7 Å². The Morgan fingerprint density at radius 2 is 2.00 bits per heavy atom. The van der Waals surface area contributed by atoms with Gasteiger partial charge in [-0.05, 0) is 36.9 Å². The summed E-state index contributed by atoms with van der Waals surface area (Å²) in [5.74, 6) is -0.725. The molecule has 0 aliphatic carbocycles. The van der Waals surface area contributed by atoms with Gasteiger partial charge in [-0.3, -0.25) is 4.79 Å². The average molecular weight is 324 g/mol. The van der Waals surface area contributed by atoms with Gasteiger partial charge in [-0.15, -0.1) is 12.4 Å². The van der Waals surface area contributed by atoms with Crippen molar-refractivity contribution < 1.29 is 22.7 Å². The molecule has 1 saturated heterocycles. The fraction of sp³-hybridized carbons (Fsp3) is 0.500. The van der Waals surface area contributed by atoms with Gasteiger partial charge in [0.25, 0.3) is 0 Å². The topological polar surface area (TPSA) is 38.3 Å². The van der Waals surface area contributed by atoms with E-state index in [-0.39, 0.29) is 23.9 Å². The Labute approximate surface area is 127 Å². The summed E-state index contributed by atoms with van der Waals surface area (Å²) in [4.78, 5) is 11.5. The fourth-order valence-electron chi connectivity index (χ4n) is 2.63. The van der Waals surface area contributed by atoms with Gasteiger partial charge in [0.15, 0.2) is 0 Å². The number of benzene rings is 1. The van der Waals surface area contributed by atoms with Gasteiger partial charge in [0.2, 0.25) is 0 Å². The maximum atomic E-state index is 13.0. The molecule has 21 heavy (non-hydrogen) atoms. The number of hydrogen-bond donors (Lipinski definition) is 1. The zero-order valence-electron chi connectivity index (χ0n) is 11.4. The van der Waals surface area contributed by atoms with E-state index < -0.39 is 23.8 Å². The Hall–Kier alpha value is -1.27. The van der Waals surface area contributed by atoms with E-state index in [9.17, 15) is 18.0 Å². The lowest BCUT2D eigenvalue weighted by atomic mass is 9.84. The molecule has 0 bridgehead atoms. The van der Waals surface area contributed by atoms with Crippen molar-refractivity contribution in [3.8, 4) is 0 Å². The highest BCUT2D eigenvalue weighted by molar-refractivity contribution is 5.85. The molecule has 0 radical (unpaired) electrons. The number of carbonyl (C=O) groups excluding carboxylic acids is 1. The van der Waals surface area contributed by atoms with Crippen molar-refractivity contribution in [1.82, 2.24) is 5.32 Å². The lowest BCUT2D eigenvalue weighted by Crippen LogP contribution is -2.43.